The predicted molar refractivity (Wildman–Crippen MR) is 92.1 cm³/mol. The third kappa shape index (κ3) is 3.48. The van der Waals surface area contributed by atoms with Gasteiger partial charge in [-0.3, -0.25) is 4.79 Å². The van der Waals surface area contributed by atoms with Gasteiger partial charge in [0.25, 0.3) is 0 Å². The van der Waals surface area contributed by atoms with Gasteiger partial charge in [-0.05, 0) is 43.2 Å². The summed E-state index contributed by atoms with van der Waals surface area (Å²) in [6.45, 7) is 1.94. The average molecular weight is 325 g/mol. The van der Waals surface area contributed by atoms with Gasteiger partial charge in [0, 0.05) is 18.9 Å². The number of amides is 1. The van der Waals surface area contributed by atoms with E-state index >= 15 is 0 Å². The van der Waals surface area contributed by atoms with Crippen molar-refractivity contribution in [3.8, 4) is 0 Å². The molecular weight excluding hydrogens is 305 g/mol. The molecule has 1 heterocycles. The molecule has 0 bridgehead atoms. The summed E-state index contributed by atoms with van der Waals surface area (Å²) >= 11 is 0. The van der Waals surface area contributed by atoms with Crippen molar-refractivity contribution in [2.75, 3.05) is 7.05 Å². The highest BCUT2D eigenvalue weighted by Gasteiger charge is 2.20. The first-order valence-corrected chi connectivity index (χ1v) is 8.03. The Bertz CT molecular complexity index is 822. The highest BCUT2D eigenvalue weighted by molar-refractivity contribution is 5.79. The van der Waals surface area contributed by atoms with Gasteiger partial charge >= 0.3 is 0 Å². The summed E-state index contributed by atoms with van der Waals surface area (Å²) < 4.78 is 19.0. The Morgan fingerprint density at radius 2 is 1.96 bits per heavy atom. The summed E-state index contributed by atoms with van der Waals surface area (Å²) in [6.07, 6.45) is 0.859. The number of aryl methyl sites for hydroxylation is 1. The fraction of sp³-hybridized carbons (Fsp3) is 0.250. The largest absolute Gasteiger partial charge is 0.459 e. The molecule has 0 N–H and O–H groups in total. The van der Waals surface area contributed by atoms with Crippen molar-refractivity contribution in [2.24, 2.45) is 0 Å². The molecule has 0 radical (unpaired) electrons. The molecule has 1 aromatic heterocycles. The highest BCUT2D eigenvalue weighted by Crippen LogP contribution is 2.27. The van der Waals surface area contributed by atoms with Crippen LogP contribution >= 0.6 is 0 Å². The van der Waals surface area contributed by atoms with Crippen LogP contribution in [0.2, 0.25) is 0 Å². The third-order valence-electron chi connectivity index (χ3n) is 4.35. The lowest BCUT2D eigenvalue weighted by Gasteiger charge is -2.23. The minimum absolute atomic E-state index is 0.00668. The molecule has 0 aliphatic rings. The van der Waals surface area contributed by atoms with Crippen molar-refractivity contribution < 1.29 is 13.6 Å². The van der Waals surface area contributed by atoms with Crippen molar-refractivity contribution in [1.29, 1.82) is 0 Å². The molecule has 0 aliphatic heterocycles. The van der Waals surface area contributed by atoms with E-state index < -0.39 is 0 Å². The first-order chi connectivity index (χ1) is 11.5. The van der Waals surface area contributed by atoms with Gasteiger partial charge in [-0.25, -0.2) is 4.39 Å². The Labute approximate surface area is 140 Å². The predicted octanol–water partition coefficient (Wildman–Crippen LogP) is 4.72. The van der Waals surface area contributed by atoms with Crippen LogP contribution in [0.1, 0.15) is 30.7 Å². The molecule has 3 rings (SSSR count). The van der Waals surface area contributed by atoms with Crippen LogP contribution in [-0.2, 0) is 11.2 Å². The number of hydrogen-bond acceptors (Lipinski definition) is 2. The van der Waals surface area contributed by atoms with Crippen LogP contribution in [0.5, 0.6) is 0 Å². The fourth-order valence-corrected chi connectivity index (χ4v) is 2.74. The maximum Gasteiger partial charge on any atom is 0.223 e. The van der Waals surface area contributed by atoms with E-state index in [9.17, 15) is 9.18 Å². The first kappa shape index (κ1) is 16.2. The Kier molecular flexibility index (Phi) is 4.65. The van der Waals surface area contributed by atoms with Crippen LogP contribution in [-0.4, -0.2) is 17.9 Å². The molecular formula is C20H20FNO2. The monoisotopic (exact) mass is 325 g/mol. The van der Waals surface area contributed by atoms with Crippen LogP contribution in [0.3, 0.4) is 0 Å². The lowest BCUT2D eigenvalue weighted by molar-refractivity contribution is -0.132. The van der Waals surface area contributed by atoms with Gasteiger partial charge < -0.3 is 9.32 Å². The maximum atomic E-state index is 13.2. The molecule has 1 atom stereocenters. The second-order valence-corrected chi connectivity index (χ2v) is 6.00. The van der Waals surface area contributed by atoms with Gasteiger partial charge in [0.15, 0.2) is 0 Å². The second-order valence-electron chi connectivity index (χ2n) is 6.00. The van der Waals surface area contributed by atoms with Crippen molar-refractivity contribution in [1.82, 2.24) is 4.90 Å². The quantitative estimate of drug-likeness (QED) is 0.680. The number of para-hydroxylation sites is 1. The van der Waals surface area contributed by atoms with E-state index in [1.807, 2.05) is 43.3 Å². The normalized spacial score (nSPS) is 12.3. The Hall–Kier alpha value is -2.62. The van der Waals surface area contributed by atoms with E-state index in [-0.39, 0.29) is 17.8 Å². The zero-order valence-corrected chi connectivity index (χ0v) is 13.8. The molecule has 0 saturated heterocycles. The molecule has 1 unspecified atom stereocenters. The van der Waals surface area contributed by atoms with Gasteiger partial charge in [0.05, 0.1) is 6.04 Å². The van der Waals surface area contributed by atoms with E-state index in [1.165, 1.54) is 12.1 Å². The topological polar surface area (TPSA) is 33.5 Å². The van der Waals surface area contributed by atoms with Gasteiger partial charge in [-0.1, -0.05) is 30.3 Å². The highest BCUT2D eigenvalue weighted by atomic mass is 19.1. The molecule has 4 heteroatoms. The zero-order chi connectivity index (χ0) is 17.1. The number of nitrogens with zero attached hydrogens (tertiary/aromatic N) is 1. The van der Waals surface area contributed by atoms with E-state index in [1.54, 1.807) is 18.0 Å². The molecule has 3 aromatic rings. The number of halogens is 1. The van der Waals surface area contributed by atoms with Gasteiger partial charge in [-0.2, -0.15) is 0 Å². The maximum absolute atomic E-state index is 13.2. The van der Waals surface area contributed by atoms with Crippen molar-refractivity contribution in [2.45, 2.75) is 25.8 Å². The van der Waals surface area contributed by atoms with Gasteiger partial charge in [-0.15, -0.1) is 0 Å². The summed E-state index contributed by atoms with van der Waals surface area (Å²) in [5.74, 6) is 0.494. The Morgan fingerprint density at radius 3 is 2.71 bits per heavy atom. The number of rotatable bonds is 5. The average Bonchev–Trinajstić information content (AvgIpc) is 3.02. The van der Waals surface area contributed by atoms with Crippen LogP contribution in [0.25, 0.3) is 11.0 Å². The molecule has 0 fully saturated rings. The molecule has 0 saturated carbocycles. The number of hydrogen-bond donors (Lipinski definition) is 0. The molecule has 2 aromatic carbocycles. The fourth-order valence-electron chi connectivity index (χ4n) is 2.74. The minimum Gasteiger partial charge on any atom is -0.459 e. The summed E-state index contributed by atoms with van der Waals surface area (Å²) in [6, 6.07) is 16.0. The minimum atomic E-state index is -0.274. The number of fused-ring (bicyclic) bond motifs is 1. The van der Waals surface area contributed by atoms with Crippen LogP contribution in [0.4, 0.5) is 4.39 Å². The summed E-state index contributed by atoms with van der Waals surface area (Å²) in [7, 11) is 1.77. The molecule has 3 nitrogen and oxygen atoms in total. The molecule has 0 spiro atoms. The van der Waals surface area contributed by atoms with Crippen molar-refractivity contribution >= 4 is 16.9 Å². The van der Waals surface area contributed by atoms with E-state index in [4.69, 9.17) is 4.42 Å². The zero-order valence-electron chi connectivity index (χ0n) is 13.8. The Balaban J connectivity index is 1.66. The Morgan fingerprint density at radius 1 is 1.17 bits per heavy atom. The van der Waals surface area contributed by atoms with Crippen LogP contribution in [0, 0.1) is 5.82 Å². The molecule has 0 aliphatic carbocycles. The van der Waals surface area contributed by atoms with E-state index in [2.05, 4.69) is 0 Å². The van der Waals surface area contributed by atoms with Crippen molar-refractivity contribution in [3.05, 3.63) is 71.7 Å². The summed E-state index contributed by atoms with van der Waals surface area (Å²) in [5, 5.41) is 1.03. The summed E-state index contributed by atoms with van der Waals surface area (Å²) in [5.41, 5.74) is 1.65. The summed E-state index contributed by atoms with van der Waals surface area (Å²) in [4.78, 5) is 14.1. The van der Waals surface area contributed by atoms with Crippen LogP contribution in [0.15, 0.2) is 59.0 Å². The molecule has 124 valence electrons. The van der Waals surface area contributed by atoms with E-state index in [0.29, 0.717) is 12.8 Å². The number of carbonyl (C=O) groups excluding carboxylic acids is 1. The molecule has 24 heavy (non-hydrogen) atoms. The molecule has 1 amide bonds. The standard InChI is InChI=1S/C20H20FNO2/c1-14(19-13-16-7-3-4-9-18(16)24-19)22(2)20(23)11-10-15-6-5-8-17(21)12-15/h3-9,12-14H,10-11H2,1-2H3. The smallest absolute Gasteiger partial charge is 0.223 e. The third-order valence-corrected chi connectivity index (χ3v) is 4.35. The van der Waals surface area contributed by atoms with Gasteiger partial charge in [0.1, 0.15) is 17.2 Å². The first-order valence-electron chi connectivity index (χ1n) is 8.03. The SMILES string of the molecule is CC(c1cc2ccccc2o1)N(C)C(=O)CCc1cccc(F)c1. The van der Waals surface area contributed by atoms with E-state index in [0.717, 1.165) is 22.3 Å². The lowest BCUT2D eigenvalue weighted by Crippen LogP contribution is -2.29. The van der Waals surface area contributed by atoms with Gasteiger partial charge in [0.2, 0.25) is 5.91 Å². The van der Waals surface area contributed by atoms with Crippen molar-refractivity contribution in [3.63, 3.8) is 0 Å². The number of furan rings is 1. The second kappa shape index (κ2) is 6.87. The van der Waals surface area contributed by atoms with Crippen LogP contribution < -0.4 is 0 Å². The lowest BCUT2D eigenvalue weighted by atomic mass is 10.1. The number of benzene rings is 2. The number of carbonyl (C=O) groups is 1.